The molecule has 2 rings (SSSR count). The number of hydrogen-bond acceptors (Lipinski definition) is 4. The van der Waals surface area contributed by atoms with Crippen molar-refractivity contribution in [2.45, 2.75) is 11.7 Å². The van der Waals surface area contributed by atoms with E-state index < -0.39 is 0 Å². The highest BCUT2D eigenvalue weighted by Crippen LogP contribution is 2.28. The Morgan fingerprint density at radius 1 is 1.35 bits per heavy atom. The molecular weight excluding hydrogens is 300 g/mol. The fraction of sp³-hybridized carbons (Fsp3) is 0.308. The lowest BCUT2D eigenvalue weighted by Gasteiger charge is -2.08. The van der Waals surface area contributed by atoms with Crippen LogP contribution in [0.3, 0.4) is 0 Å². The number of amides is 3. The summed E-state index contributed by atoms with van der Waals surface area (Å²) in [6.07, 6.45) is 0.489. The number of rotatable bonds is 4. The number of carbonyl (C=O) groups excluding carboxylic acids is 3. The quantitative estimate of drug-likeness (QED) is 0.865. The highest BCUT2D eigenvalue weighted by Gasteiger charge is 2.36. The van der Waals surface area contributed by atoms with Crippen molar-refractivity contribution >= 4 is 46.1 Å². The van der Waals surface area contributed by atoms with Crippen molar-refractivity contribution in [3.05, 3.63) is 29.8 Å². The van der Waals surface area contributed by atoms with Crippen LogP contribution in [-0.2, 0) is 16.0 Å². The summed E-state index contributed by atoms with van der Waals surface area (Å²) in [5, 5.41) is 2.05. The van der Waals surface area contributed by atoms with Gasteiger partial charge in [0.1, 0.15) is 5.88 Å². The first-order valence-corrected chi connectivity index (χ1v) is 7.35. The molecule has 1 fully saturated rings. The molecule has 0 aromatic heterocycles. The standard InChI is InChI=1S/C13H13ClN2O3S/c1-16-12(18)10(20-13(16)19)6-8-2-4-9(5-3-8)15-11(17)7-14/h2-5,10H,6-7H2,1H3,(H,15,17)/t10-/m0/s1. The minimum absolute atomic E-state index is 0.0938. The third kappa shape index (κ3) is 3.32. The lowest BCUT2D eigenvalue weighted by Crippen LogP contribution is -2.28. The smallest absolute Gasteiger partial charge is 0.288 e. The maximum Gasteiger partial charge on any atom is 0.288 e. The van der Waals surface area contributed by atoms with Crippen LogP contribution in [0.1, 0.15) is 5.56 Å². The van der Waals surface area contributed by atoms with Crippen molar-refractivity contribution in [2.75, 3.05) is 18.2 Å². The van der Waals surface area contributed by atoms with Crippen LogP contribution in [0, 0.1) is 0 Å². The van der Waals surface area contributed by atoms with Crippen molar-refractivity contribution in [3.8, 4) is 0 Å². The molecule has 0 radical (unpaired) electrons. The number of carbonyl (C=O) groups is 3. The van der Waals surface area contributed by atoms with E-state index >= 15 is 0 Å². The van der Waals surface area contributed by atoms with Crippen LogP contribution in [0.2, 0.25) is 0 Å². The molecule has 0 unspecified atom stereocenters. The second kappa shape index (κ2) is 6.28. The van der Waals surface area contributed by atoms with Crippen LogP contribution in [0.5, 0.6) is 0 Å². The molecule has 1 aromatic rings. The van der Waals surface area contributed by atoms with Gasteiger partial charge in [-0.1, -0.05) is 23.9 Å². The van der Waals surface area contributed by atoms with Crippen molar-refractivity contribution < 1.29 is 14.4 Å². The number of imide groups is 1. The Bertz CT molecular complexity index is 547. The second-order valence-corrected chi connectivity index (χ2v) is 5.77. The number of alkyl halides is 1. The van der Waals surface area contributed by atoms with Crippen LogP contribution < -0.4 is 5.32 Å². The molecule has 0 bridgehead atoms. The van der Waals surface area contributed by atoms with E-state index in [1.807, 2.05) is 12.1 Å². The number of anilines is 1. The zero-order chi connectivity index (χ0) is 14.7. The molecule has 1 atom stereocenters. The van der Waals surface area contributed by atoms with Gasteiger partial charge in [-0.3, -0.25) is 19.3 Å². The van der Waals surface area contributed by atoms with Crippen molar-refractivity contribution in [2.24, 2.45) is 0 Å². The third-order valence-electron chi connectivity index (χ3n) is 2.90. The number of hydrogen-bond donors (Lipinski definition) is 1. The fourth-order valence-electron chi connectivity index (χ4n) is 1.82. The zero-order valence-corrected chi connectivity index (χ0v) is 12.3. The molecule has 0 saturated carbocycles. The largest absolute Gasteiger partial charge is 0.325 e. The molecule has 5 nitrogen and oxygen atoms in total. The summed E-state index contributed by atoms with van der Waals surface area (Å²) in [6, 6.07) is 7.13. The van der Waals surface area contributed by atoms with E-state index in [2.05, 4.69) is 5.32 Å². The number of benzene rings is 1. The molecule has 1 aliphatic heterocycles. The SMILES string of the molecule is CN1C(=O)S[C@@H](Cc2ccc(NC(=O)CCl)cc2)C1=O. The van der Waals surface area contributed by atoms with Gasteiger partial charge in [0, 0.05) is 12.7 Å². The minimum atomic E-state index is -0.365. The lowest BCUT2D eigenvalue weighted by molar-refractivity contribution is -0.125. The number of nitrogens with zero attached hydrogens (tertiary/aromatic N) is 1. The second-order valence-electron chi connectivity index (χ2n) is 4.35. The molecule has 1 saturated heterocycles. The van der Waals surface area contributed by atoms with Gasteiger partial charge in [-0.2, -0.15) is 0 Å². The number of thioether (sulfide) groups is 1. The molecule has 1 N–H and O–H groups in total. The average molecular weight is 313 g/mol. The van der Waals surface area contributed by atoms with Crippen LogP contribution >= 0.6 is 23.4 Å². The van der Waals surface area contributed by atoms with E-state index in [0.717, 1.165) is 22.2 Å². The molecule has 0 aliphatic carbocycles. The topological polar surface area (TPSA) is 66.5 Å². The maximum atomic E-state index is 11.8. The van der Waals surface area contributed by atoms with Gasteiger partial charge in [-0.15, -0.1) is 11.6 Å². The Morgan fingerprint density at radius 2 is 2.00 bits per heavy atom. The minimum Gasteiger partial charge on any atom is -0.325 e. The maximum absolute atomic E-state index is 11.8. The number of halogens is 1. The molecule has 106 valence electrons. The molecule has 1 heterocycles. The molecule has 1 aromatic carbocycles. The molecule has 3 amide bonds. The van der Waals surface area contributed by atoms with E-state index in [-0.39, 0.29) is 28.2 Å². The average Bonchev–Trinajstić information content (AvgIpc) is 2.68. The van der Waals surface area contributed by atoms with Gasteiger partial charge in [0.05, 0.1) is 5.25 Å². The van der Waals surface area contributed by atoms with Crippen LogP contribution in [-0.4, -0.2) is 40.1 Å². The summed E-state index contributed by atoms with van der Waals surface area (Å²) in [5.74, 6) is -0.531. The van der Waals surface area contributed by atoms with Gasteiger partial charge in [0.15, 0.2) is 0 Å². The molecule has 0 spiro atoms. The molecule has 7 heteroatoms. The van der Waals surface area contributed by atoms with Crippen molar-refractivity contribution in [1.82, 2.24) is 4.90 Å². The lowest BCUT2D eigenvalue weighted by atomic mass is 10.1. The Morgan fingerprint density at radius 3 is 2.50 bits per heavy atom. The first-order valence-electron chi connectivity index (χ1n) is 5.94. The predicted molar refractivity (Wildman–Crippen MR) is 79.0 cm³/mol. The zero-order valence-electron chi connectivity index (χ0n) is 10.8. The molecule has 20 heavy (non-hydrogen) atoms. The van der Waals surface area contributed by atoms with Crippen molar-refractivity contribution in [3.63, 3.8) is 0 Å². The molecular formula is C13H13ClN2O3S. The number of nitrogens with one attached hydrogen (secondary N) is 1. The summed E-state index contributed by atoms with van der Waals surface area (Å²) in [7, 11) is 1.49. The monoisotopic (exact) mass is 312 g/mol. The summed E-state index contributed by atoms with van der Waals surface area (Å²) in [5.41, 5.74) is 1.58. The summed E-state index contributed by atoms with van der Waals surface area (Å²) in [4.78, 5) is 35.5. The van der Waals surface area contributed by atoms with E-state index in [0.29, 0.717) is 12.1 Å². The van der Waals surface area contributed by atoms with Crippen LogP contribution in [0.4, 0.5) is 10.5 Å². The van der Waals surface area contributed by atoms with E-state index in [1.165, 1.54) is 7.05 Å². The van der Waals surface area contributed by atoms with Crippen LogP contribution in [0.15, 0.2) is 24.3 Å². The van der Waals surface area contributed by atoms with Gasteiger partial charge in [0.2, 0.25) is 11.8 Å². The summed E-state index contributed by atoms with van der Waals surface area (Å²) in [6.45, 7) is 0. The van der Waals surface area contributed by atoms with E-state index in [1.54, 1.807) is 12.1 Å². The van der Waals surface area contributed by atoms with Gasteiger partial charge in [0.25, 0.3) is 5.24 Å². The van der Waals surface area contributed by atoms with Gasteiger partial charge < -0.3 is 5.32 Å². The Labute approximate surface area is 125 Å². The summed E-state index contributed by atoms with van der Waals surface area (Å²) >= 11 is 6.45. The van der Waals surface area contributed by atoms with Crippen LogP contribution in [0.25, 0.3) is 0 Å². The van der Waals surface area contributed by atoms with E-state index in [9.17, 15) is 14.4 Å². The normalized spacial score (nSPS) is 18.5. The third-order valence-corrected chi connectivity index (χ3v) is 4.27. The first kappa shape index (κ1) is 14.9. The fourth-order valence-corrected chi connectivity index (χ4v) is 2.91. The van der Waals surface area contributed by atoms with Crippen molar-refractivity contribution in [1.29, 1.82) is 0 Å². The van der Waals surface area contributed by atoms with Gasteiger partial charge in [-0.25, -0.2) is 0 Å². The van der Waals surface area contributed by atoms with Gasteiger partial charge in [-0.05, 0) is 24.1 Å². The first-order chi connectivity index (χ1) is 9.51. The Balaban J connectivity index is 1.99. The molecule has 1 aliphatic rings. The predicted octanol–water partition coefficient (Wildman–Crippen LogP) is 2.10. The highest BCUT2D eigenvalue weighted by molar-refractivity contribution is 8.15. The Kier molecular flexibility index (Phi) is 4.67. The van der Waals surface area contributed by atoms with E-state index in [4.69, 9.17) is 11.6 Å². The highest BCUT2D eigenvalue weighted by atomic mass is 35.5. The summed E-state index contributed by atoms with van der Waals surface area (Å²) < 4.78 is 0. The van der Waals surface area contributed by atoms with Gasteiger partial charge >= 0.3 is 0 Å². The Hall–Kier alpha value is -1.53.